The summed E-state index contributed by atoms with van der Waals surface area (Å²) in [6, 6.07) is 49.0. The lowest BCUT2D eigenvalue weighted by molar-refractivity contribution is 0.414. The van der Waals surface area contributed by atoms with Gasteiger partial charge in [0.05, 0.1) is 7.11 Å². The average molecular weight is 458 g/mol. The molecule has 0 saturated carbocycles. The molecule has 0 N–H and O–H groups in total. The van der Waals surface area contributed by atoms with E-state index in [1.54, 1.807) is 7.11 Å². The SMILES string of the molecule is COc1ccc2c(c1)C([P+](c1ccccc1)(c1ccccc1)c1ccccc1)c1ccccc1-2. The molecule has 0 aromatic heterocycles. The first-order chi connectivity index (χ1) is 16.8. The Morgan fingerprint density at radius 2 is 0.971 bits per heavy atom. The van der Waals surface area contributed by atoms with Crippen LogP contribution >= 0.6 is 7.26 Å². The maximum absolute atomic E-state index is 5.73. The van der Waals surface area contributed by atoms with Crippen LogP contribution in [0, 0.1) is 0 Å². The van der Waals surface area contributed by atoms with E-state index < -0.39 is 7.26 Å². The van der Waals surface area contributed by atoms with Gasteiger partial charge in [-0.25, -0.2) is 0 Å². The van der Waals surface area contributed by atoms with Gasteiger partial charge >= 0.3 is 0 Å². The first-order valence-corrected chi connectivity index (χ1v) is 13.5. The summed E-state index contributed by atoms with van der Waals surface area (Å²) in [4.78, 5) is 0. The van der Waals surface area contributed by atoms with E-state index in [9.17, 15) is 0 Å². The molecule has 1 nitrogen and oxygen atoms in total. The van der Waals surface area contributed by atoms with Crippen LogP contribution in [0.15, 0.2) is 133 Å². The Morgan fingerprint density at radius 1 is 0.500 bits per heavy atom. The van der Waals surface area contributed by atoms with Gasteiger partial charge in [-0.05, 0) is 59.7 Å². The van der Waals surface area contributed by atoms with Crippen molar-refractivity contribution in [3.05, 3.63) is 145 Å². The third-order valence-electron chi connectivity index (χ3n) is 6.98. The normalized spacial score (nSPS) is 14.3. The summed E-state index contributed by atoms with van der Waals surface area (Å²) in [6.07, 6.45) is 0. The van der Waals surface area contributed by atoms with Crippen molar-refractivity contribution in [2.45, 2.75) is 5.66 Å². The molecule has 0 heterocycles. The highest BCUT2D eigenvalue weighted by Crippen LogP contribution is 2.72. The quantitative estimate of drug-likeness (QED) is 0.265. The van der Waals surface area contributed by atoms with Gasteiger partial charge in [-0.1, -0.05) is 84.9 Å². The molecule has 0 amide bonds. The number of benzene rings is 5. The lowest BCUT2D eigenvalue weighted by Crippen LogP contribution is -2.35. The summed E-state index contributed by atoms with van der Waals surface area (Å²) in [5.74, 6) is 0.906. The molecule has 1 aliphatic rings. The van der Waals surface area contributed by atoms with Crippen molar-refractivity contribution in [1.29, 1.82) is 0 Å². The second kappa shape index (κ2) is 8.60. The van der Waals surface area contributed by atoms with Crippen molar-refractivity contribution in [3.8, 4) is 16.9 Å². The zero-order chi connectivity index (χ0) is 23.0. The molecule has 1 atom stereocenters. The number of hydrogen-bond acceptors (Lipinski definition) is 1. The number of ether oxygens (including phenoxy) is 1. The van der Waals surface area contributed by atoms with Gasteiger partial charge in [-0.15, -0.1) is 0 Å². The Morgan fingerprint density at radius 3 is 1.50 bits per heavy atom. The highest BCUT2D eigenvalue weighted by Gasteiger charge is 2.56. The lowest BCUT2D eigenvalue weighted by Gasteiger charge is -2.34. The Balaban J connectivity index is 1.78. The molecular formula is C32H26OP+. The second-order valence-corrected chi connectivity index (χ2v) is 12.2. The number of methoxy groups -OCH3 is 1. The average Bonchev–Trinajstić information content (AvgIpc) is 3.25. The molecule has 2 heteroatoms. The first kappa shape index (κ1) is 20.9. The van der Waals surface area contributed by atoms with Gasteiger partial charge in [-0.3, -0.25) is 0 Å². The molecule has 0 fully saturated rings. The molecule has 5 aromatic rings. The molecule has 1 unspecified atom stereocenters. The van der Waals surface area contributed by atoms with Gasteiger partial charge < -0.3 is 4.74 Å². The predicted octanol–water partition coefficient (Wildman–Crippen LogP) is 6.76. The second-order valence-electron chi connectivity index (χ2n) is 8.67. The van der Waals surface area contributed by atoms with Gasteiger partial charge in [0.15, 0.2) is 0 Å². The van der Waals surface area contributed by atoms with E-state index in [4.69, 9.17) is 4.74 Å². The van der Waals surface area contributed by atoms with E-state index in [2.05, 4.69) is 133 Å². The zero-order valence-corrected chi connectivity index (χ0v) is 20.0. The Labute approximate surface area is 202 Å². The summed E-state index contributed by atoms with van der Waals surface area (Å²) in [7, 11) is -0.395. The van der Waals surface area contributed by atoms with Crippen LogP contribution in [0.2, 0.25) is 0 Å². The summed E-state index contributed by atoms with van der Waals surface area (Å²) in [5, 5.41) is 4.17. The van der Waals surface area contributed by atoms with Crippen LogP contribution in [-0.2, 0) is 0 Å². The standard InChI is InChI=1S/C32H26OP/c1-33-24-21-22-29-28-19-11-12-20-30(28)32(31(29)23-24)34(25-13-5-2-6-14-25,26-15-7-3-8-16-26)27-17-9-4-10-18-27/h2-23,32H,1H3/q+1. The monoisotopic (exact) mass is 457 g/mol. The van der Waals surface area contributed by atoms with Crippen molar-refractivity contribution in [1.82, 2.24) is 0 Å². The van der Waals surface area contributed by atoms with E-state index in [1.807, 2.05) is 0 Å². The van der Waals surface area contributed by atoms with Crippen LogP contribution in [0.4, 0.5) is 0 Å². The van der Waals surface area contributed by atoms with Crippen LogP contribution in [0.1, 0.15) is 16.8 Å². The highest BCUT2D eigenvalue weighted by atomic mass is 31.2. The Bertz CT molecular complexity index is 1330. The van der Waals surface area contributed by atoms with Gasteiger partial charge in [0.2, 0.25) is 0 Å². The van der Waals surface area contributed by atoms with Gasteiger partial charge in [0.1, 0.15) is 34.6 Å². The van der Waals surface area contributed by atoms with Crippen LogP contribution in [-0.4, -0.2) is 7.11 Å². The highest BCUT2D eigenvalue weighted by molar-refractivity contribution is 7.96. The van der Waals surface area contributed by atoms with Gasteiger partial charge in [0.25, 0.3) is 0 Å². The fraction of sp³-hybridized carbons (Fsp3) is 0.0625. The molecule has 0 spiro atoms. The molecule has 6 rings (SSSR count). The predicted molar refractivity (Wildman–Crippen MR) is 145 cm³/mol. The largest absolute Gasteiger partial charge is 0.497 e. The minimum Gasteiger partial charge on any atom is -0.497 e. The summed E-state index contributed by atoms with van der Waals surface area (Å²) in [5.41, 5.74) is 5.59. The number of rotatable bonds is 5. The minimum absolute atomic E-state index is 0.195. The van der Waals surface area contributed by atoms with E-state index in [0.29, 0.717) is 0 Å². The Hall–Kier alpha value is -3.67. The van der Waals surface area contributed by atoms with Crippen molar-refractivity contribution in [2.24, 2.45) is 0 Å². The number of hydrogen-bond donors (Lipinski definition) is 0. The van der Waals surface area contributed by atoms with Crippen molar-refractivity contribution in [3.63, 3.8) is 0 Å². The number of fused-ring (bicyclic) bond motifs is 3. The smallest absolute Gasteiger partial charge is 0.135 e. The molecule has 164 valence electrons. The zero-order valence-electron chi connectivity index (χ0n) is 19.1. The van der Waals surface area contributed by atoms with Crippen LogP contribution in [0.5, 0.6) is 5.75 Å². The van der Waals surface area contributed by atoms with E-state index >= 15 is 0 Å². The van der Waals surface area contributed by atoms with Crippen molar-refractivity contribution in [2.75, 3.05) is 7.11 Å². The molecule has 0 saturated heterocycles. The topological polar surface area (TPSA) is 9.23 Å². The maximum Gasteiger partial charge on any atom is 0.135 e. The van der Waals surface area contributed by atoms with Crippen molar-refractivity contribution >= 4 is 23.2 Å². The molecule has 34 heavy (non-hydrogen) atoms. The van der Waals surface area contributed by atoms with E-state index in [1.165, 1.54) is 38.2 Å². The lowest BCUT2D eigenvalue weighted by atomic mass is 10.1. The van der Waals surface area contributed by atoms with Gasteiger partial charge in [0, 0.05) is 11.1 Å². The van der Waals surface area contributed by atoms with Crippen LogP contribution in [0.3, 0.4) is 0 Å². The summed E-state index contributed by atoms with van der Waals surface area (Å²) in [6.45, 7) is 0. The van der Waals surface area contributed by atoms with Crippen LogP contribution < -0.4 is 20.7 Å². The van der Waals surface area contributed by atoms with E-state index in [-0.39, 0.29) is 5.66 Å². The minimum atomic E-state index is -2.15. The van der Waals surface area contributed by atoms with Gasteiger partial charge in [-0.2, -0.15) is 0 Å². The van der Waals surface area contributed by atoms with E-state index in [0.717, 1.165) is 5.75 Å². The molecule has 0 aliphatic heterocycles. The van der Waals surface area contributed by atoms with Crippen molar-refractivity contribution < 1.29 is 4.74 Å². The fourth-order valence-corrected chi connectivity index (χ4v) is 10.6. The third kappa shape index (κ3) is 3.12. The third-order valence-corrected chi connectivity index (χ3v) is 11.6. The van der Waals surface area contributed by atoms with Crippen LogP contribution in [0.25, 0.3) is 11.1 Å². The molecule has 5 aromatic carbocycles. The Kier molecular flexibility index (Phi) is 5.28. The summed E-state index contributed by atoms with van der Waals surface area (Å²) >= 11 is 0. The fourth-order valence-electron chi connectivity index (χ4n) is 5.59. The molecular weight excluding hydrogens is 431 g/mol. The first-order valence-electron chi connectivity index (χ1n) is 11.7. The maximum atomic E-state index is 5.73. The molecule has 0 bridgehead atoms. The molecule has 0 radical (unpaired) electrons. The molecule has 1 aliphatic carbocycles. The summed E-state index contributed by atoms with van der Waals surface area (Å²) < 4.78 is 5.73.